The number of Topliss-reactive ketones (excluding diaryl/α,β-unsaturated/α-hetero) is 1. The molecule has 0 radical (unpaired) electrons. The SMILES string of the molecule is N=C(N)NCC(=O)c1cc(O)ccc1SF. The Bertz CT molecular complexity index is 425. The van der Waals surface area contributed by atoms with E-state index in [1.807, 2.05) is 0 Å². The Labute approximate surface area is 95.6 Å². The summed E-state index contributed by atoms with van der Waals surface area (Å²) < 4.78 is 12.5. The highest BCUT2D eigenvalue weighted by atomic mass is 32.2. The van der Waals surface area contributed by atoms with Crippen LogP contribution < -0.4 is 11.1 Å². The molecule has 0 bridgehead atoms. The third-order valence-electron chi connectivity index (χ3n) is 1.79. The summed E-state index contributed by atoms with van der Waals surface area (Å²) in [5, 5.41) is 18.4. The van der Waals surface area contributed by atoms with Crippen LogP contribution in [0.4, 0.5) is 3.89 Å². The van der Waals surface area contributed by atoms with Crippen molar-refractivity contribution in [1.29, 1.82) is 5.41 Å². The molecule has 86 valence electrons. The molecule has 7 heteroatoms. The van der Waals surface area contributed by atoms with Gasteiger partial charge in [-0.05, 0) is 18.2 Å². The van der Waals surface area contributed by atoms with Crippen LogP contribution in [0.2, 0.25) is 0 Å². The molecule has 0 aliphatic rings. The van der Waals surface area contributed by atoms with Gasteiger partial charge in [-0.25, -0.2) is 0 Å². The van der Waals surface area contributed by atoms with Crippen molar-refractivity contribution in [3.05, 3.63) is 23.8 Å². The van der Waals surface area contributed by atoms with Gasteiger partial charge in [-0.3, -0.25) is 10.2 Å². The first-order chi connectivity index (χ1) is 7.54. The first kappa shape index (κ1) is 12.3. The van der Waals surface area contributed by atoms with Crippen molar-refractivity contribution in [2.45, 2.75) is 4.90 Å². The van der Waals surface area contributed by atoms with E-state index in [-0.39, 0.29) is 40.9 Å². The number of phenolic OH excluding ortho intramolecular Hbond substituents is 1. The number of nitrogens with two attached hydrogens (primary N) is 1. The summed E-state index contributed by atoms with van der Waals surface area (Å²) in [7, 11) is 0. The van der Waals surface area contributed by atoms with Crippen LogP contribution in [0.25, 0.3) is 0 Å². The van der Waals surface area contributed by atoms with Crippen molar-refractivity contribution in [3.8, 4) is 5.75 Å². The van der Waals surface area contributed by atoms with E-state index in [0.29, 0.717) is 0 Å². The molecule has 1 aromatic carbocycles. The molecule has 0 saturated heterocycles. The van der Waals surface area contributed by atoms with E-state index in [4.69, 9.17) is 11.1 Å². The monoisotopic (exact) mass is 243 g/mol. The van der Waals surface area contributed by atoms with Gasteiger partial charge in [0.15, 0.2) is 11.7 Å². The second kappa shape index (κ2) is 5.36. The quantitative estimate of drug-likeness (QED) is 0.359. The number of carbonyl (C=O) groups is 1. The molecule has 5 N–H and O–H groups in total. The van der Waals surface area contributed by atoms with Crippen LogP contribution >= 0.6 is 12.1 Å². The second-order valence-corrected chi connectivity index (χ2v) is 3.54. The summed E-state index contributed by atoms with van der Waals surface area (Å²) in [5.74, 6) is -0.918. The van der Waals surface area contributed by atoms with Crippen molar-refractivity contribution in [2.24, 2.45) is 5.73 Å². The van der Waals surface area contributed by atoms with Crippen LogP contribution in [-0.4, -0.2) is 23.4 Å². The Morgan fingerprint density at radius 3 is 2.88 bits per heavy atom. The molecule has 16 heavy (non-hydrogen) atoms. The summed E-state index contributed by atoms with van der Waals surface area (Å²) in [5.41, 5.74) is 5.07. The molecule has 0 amide bonds. The number of benzene rings is 1. The molecule has 5 nitrogen and oxygen atoms in total. The van der Waals surface area contributed by atoms with Crippen LogP contribution in [-0.2, 0) is 0 Å². The van der Waals surface area contributed by atoms with E-state index in [1.165, 1.54) is 18.2 Å². The molecule has 0 aromatic heterocycles. The molecule has 0 heterocycles. The van der Waals surface area contributed by atoms with Gasteiger partial charge >= 0.3 is 0 Å². The third-order valence-corrected chi connectivity index (χ3v) is 2.31. The number of hydrogen-bond donors (Lipinski definition) is 4. The fraction of sp³-hybridized carbons (Fsp3) is 0.111. The zero-order valence-electron chi connectivity index (χ0n) is 8.16. The number of ketones is 1. The normalized spacial score (nSPS) is 9.81. The molecule has 0 fully saturated rings. The molecule has 1 rings (SSSR count). The minimum absolute atomic E-state index is 0.0567. The highest BCUT2D eigenvalue weighted by molar-refractivity contribution is 7.94. The number of guanidine groups is 1. The average molecular weight is 243 g/mol. The van der Waals surface area contributed by atoms with Crippen molar-refractivity contribution < 1.29 is 13.8 Å². The standard InChI is InChI=1S/C9H10FN3O2S/c10-16-8-2-1-5(14)3-6(8)7(15)4-13-9(11)12/h1-3,14H,4H2,(H4,11,12,13). The minimum atomic E-state index is -0.453. The molecule has 1 aromatic rings. The predicted octanol–water partition coefficient (Wildman–Crippen LogP) is 1.03. The van der Waals surface area contributed by atoms with Crippen molar-refractivity contribution >= 4 is 23.9 Å². The molecule has 0 unspecified atom stereocenters. The molecule has 0 atom stereocenters. The number of aromatic hydroxyl groups is 1. The smallest absolute Gasteiger partial charge is 0.186 e. The van der Waals surface area contributed by atoms with Gasteiger partial charge in [-0.15, -0.1) is 0 Å². The van der Waals surface area contributed by atoms with Gasteiger partial charge in [-0.2, -0.15) is 3.89 Å². The molecule has 0 aliphatic carbocycles. The number of rotatable bonds is 4. The third kappa shape index (κ3) is 3.13. The van der Waals surface area contributed by atoms with Gasteiger partial charge in [0.2, 0.25) is 0 Å². The zero-order chi connectivity index (χ0) is 12.1. The number of phenols is 1. The first-order valence-corrected chi connectivity index (χ1v) is 4.99. The molecular weight excluding hydrogens is 233 g/mol. The van der Waals surface area contributed by atoms with Crippen LogP contribution in [0.3, 0.4) is 0 Å². The lowest BCUT2D eigenvalue weighted by Gasteiger charge is -2.06. The number of nitrogens with one attached hydrogen (secondary N) is 2. The van der Waals surface area contributed by atoms with E-state index >= 15 is 0 Å². The topological polar surface area (TPSA) is 99.2 Å². The van der Waals surface area contributed by atoms with Gasteiger partial charge in [0.25, 0.3) is 0 Å². The lowest BCUT2D eigenvalue weighted by molar-refractivity contribution is 0.0993. The Kier molecular flexibility index (Phi) is 4.12. The maximum absolute atomic E-state index is 12.5. The largest absolute Gasteiger partial charge is 0.508 e. The summed E-state index contributed by atoms with van der Waals surface area (Å²) in [6.07, 6.45) is 0. The van der Waals surface area contributed by atoms with Gasteiger partial charge < -0.3 is 16.2 Å². The summed E-state index contributed by atoms with van der Waals surface area (Å²) in [6.45, 7) is -0.216. The second-order valence-electron chi connectivity index (χ2n) is 2.95. The Balaban J connectivity index is 2.88. The first-order valence-electron chi connectivity index (χ1n) is 4.27. The van der Waals surface area contributed by atoms with Crippen LogP contribution in [0.15, 0.2) is 23.1 Å². The zero-order valence-corrected chi connectivity index (χ0v) is 8.97. The van der Waals surface area contributed by atoms with Crippen molar-refractivity contribution in [2.75, 3.05) is 6.54 Å². The van der Waals surface area contributed by atoms with E-state index in [9.17, 15) is 13.8 Å². The number of carbonyl (C=O) groups excluding carboxylic acids is 1. The van der Waals surface area contributed by atoms with Gasteiger partial charge in [0.1, 0.15) is 5.75 Å². The molecule has 0 spiro atoms. The molecule has 0 saturated carbocycles. The summed E-state index contributed by atoms with van der Waals surface area (Å²) in [6, 6.07) is 3.77. The molecule has 0 aliphatic heterocycles. The maximum atomic E-state index is 12.5. The highest BCUT2D eigenvalue weighted by Crippen LogP contribution is 2.27. The predicted molar refractivity (Wildman–Crippen MR) is 59.3 cm³/mol. The van der Waals surface area contributed by atoms with Crippen LogP contribution in [0, 0.1) is 5.41 Å². The maximum Gasteiger partial charge on any atom is 0.186 e. The number of halogens is 1. The van der Waals surface area contributed by atoms with Gasteiger partial charge in [-0.1, -0.05) is 0 Å². The Morgan fingerprint density at radius 1 is 1.62 bits per heavy atom. The van der Waals surface area contributed by atoms with E-state index in [0.717, 1.165) is 0 Å². The summed E-state index contributed by atoms with van der Waals surface area (Å²) in [4.78, 5) is 11.7. The summed E-state index contributed by atoms with van der Waals surface area (Å²) >= 11 is -0.0779. The van der Waals surface area contributed by atoms with Crippen molar-refractivity contribution in [3.63, 3.8) is 0 Å². The van der Waals surface area contributed by atoms with E-state index in [1.54, 1.807) is 0 Å². The van der Waals surface area contributed by atoms with E-state index < -0.39 is 5.78 Å². The fourth-order valence-electron chi connectivity index (χ4n) is 1.07. The van der Waals surface area contributed by atoms with Crippen molar-refractivity contribution in [1.82, 2.24) is 5.32 Å². The average Bonchev–Trinajstić information content (AvgIpc) is 2.25. The highest BCUT2D eigenvalue weighted by Gasteiger charge is 2.13. The lowest BCUT2D eigenvalue weighted by Crippen LogP contribution is -2.34. The number of hydrogen-bond acceptors (Lipinski definition) is 4. The minimum Gasteiger partial charge on any atom is -0.508 e. The van der Waals surface area contributed by atoms with Crippen LogP contribution in [0.5, 0.6) is 5.75 Å². The van der Waals surface area contributed by atoms with Crippen LogP contribution in [0.1, 0.15) is 10.4 Å². The molecular formula is C9H10FN3O2S. The lowest BCUT2D eigenvalue weighted by atomic mass is 10.1. The Hall–Kier alpha value is -1.76. The fourth-order valence-corrected chi connectivity index (χ4v) is 1.45. The Morgan fingerprint density at radius 2 is 2.31 bits per heavy atom. The van der Waals surface area contributed by atoms with Gasteiger partial charge in [0, 0.05) is 5.56 Å². The van der Waals surface area contributed by atoms with Gasteiger partial charge in [0.05, 0.1) is 23.6 Å². The van der Waals surface area contributed by atoms with E-state index in [2.05, 4.69) is 5.32 Å².